The average molecular weight is 425 g/mol. The number of benzene rings is 1. The molecular weight excluding hydrogens is 384 g/mol. The Hall–Kier alpha value is -1.47. The maximum Gasteiger partial charge on any atom is 0.305 e. The molecule has 0 aromatic heterocycles. The van der Waals surface area contributed by atoms with Gasteiger partial charge in [0, 0.05) is 6.42 Å². The Kier molecular flexibility index (Phi) is 18.4. The molecule has 0 fully saturated rings. The third-order valence-electron chi connectivity index (χ3n) is 4.45. The van der Waals surface area contributed by atoms with E-state index in [0.717, 1.165) is 18.4 Å². The summed E-state index contributed by atoms with van der Waals surface area (Å²) in [7, 11) is 0. The van der Waals surface area contributed by atoms with E-state index < -0.39 is 0 Å². The standard InChI is InChI=1S/C24H40O6/c1-2-3-4-5-6-10-13-24(25)30-21-20-28-17-16-26-14-15-27-18-19-29-22-23-11-8-7-9-12-23/h7-9,11-12H,2-6,10,13-22H2,1H3. The van der Waals surface area contributed by atoms with Crippen LogP contribution in [0.5, 0.6) is 0 Å². The van der Waals surface area contributed by atoms with E-state index in [2.05, 4.69) is 6.92 Å². The minimum Gasteiger partial charge on any atom is -0.463 e. The van der Waals surface area contributed by atoms with Crippen molar-refractivity contribution in [1.29, 1.82) is 0 Å². The third kappa shape index (κ3) is 17.4. The molecule has 0 saturated carbocycles. The lowest BCUT2D eigenvalue weighted by Gasteiger charge is -2.08. The predicted octanol–water partition coefficient (Wildman–Crippen LogP) is 4.55. The largest absolute Gasteiger partial charge is 0.463 e. The third-order valence-corrected chi connectivity index (χ3v) is 4.45. The maximum atomic E-state index is 11.6. The zero-order chi connectivity index (χ0) is 21.5. The number of carbonyl (C=O) groups excluding carboxylic acids is 1. The summed E-state index contributed by atoms with van der Waals surface area (Å²) in [5, 5.41) is 0. The molecule has 0 unspecified atom stereocenters. The van der Waals surface area contributed by atoms with Crippen LogP contribution in [0, 0.1) is 0 Å². The Morgan fingerprint density at radius 3 is 1.83 bits per heavy atom. The Balaban J connectivity index is 1.72. The molecule has 0 saturated heterocycles. The molecule has 0 radical (unpaired) electrons. The first kappa shape index (κ1) is 26.6. The molecule has 6 heteroatoms. The summed E-state index contributed by atoms with van der Waals surface area (Å²) in [4.78, 5) is 11.6. The molecule has 0 atom stereocenters. The summed E-state index contributed by atoms with van der Waals surface area (Å²) in [5.74, 6) is -0.129. The van der Waals surface area contributed by atoms with Gasteiger partial charge < -0.3 is 23.7 Å². The van der Waals surface area contributed by atoms with Crippen molar-refractivity contribution < 1.29 is 28.5 Å². The van der Waals surface area contributed by atoms with E-state index in [1.54, 1.807) is 0 Å². The van der Waals surface area contributed by atoms with Crippen LogP contribution in [-0.2, 0) is 35.1 Å². The van der Waals surface area contributed by atoms with E-state index in [4.69, 9.17) is 23.7 Å². The van der Waals surface area contributed by atoms with Crippen molar-refractivity contribution in [2.75, 3.05) is 52.9 Å². The quantitative estimate of drug-likeness (QED) is 0.213. The van der Waals surface area contributed by atoms with E-state index in [1.165, 1.54) is 25.7 Å². The highest BCUT2D eigenvalue weighted by Crippen LogP contribution is 2.07. The van der Waals surface area contributed by atoms with Crippen LogP contribution >= 0.6 is 0 Å². The molecule has 0 aliphatic rings. The van der Waals surface area contributed by atoms with Crippen LogP contribution in [-0.4, -0.2) is 58.8 Å². The molecule has 0 amide bonds. The Morgan fingerprint density at radius 2 is 1.20 bits per heavy atom. The van der Waals surface area contributed by atoms with E-state index in [9.17, 15) is 4.79 Å². The number of rotatable bonds is 21. The van der Waals surface area contributed by atoms with Gasteiger partial charge in [0.15, 0.2) is 0 Å². The van der Waals surface area contributed by atoms with Crippen LogP contribution in [0.1, 0.15) is 57.4 Å². The lowest BCUT2D eigenvalue weighted by molar-refractivity contribution is -0.145. The maximum absolute atomic E-state index is 11.6. The normalized spacial score (nSPS) is 11.0. The first-order chi connectivity index (χ1) is 14.8. The van der Waals surface area contributed by atoms with Crippen LogP contribution < -0.4 is 0 Å². The summed E-state index contributed by atoms with van der Waals surface area (Å²) < 4.78 is 27.0. The molecule has 1 aromatic rings. The number of esters is 1. The van der Waals surface area contributed by atoms with Gasteiger partial charge in [-0.3, -0.25) is 4.79 Å². The van der Waals surface area contributed by atoms with Gasteiger partial charge in [0.1, 0.15) is 6.61 Å². The van der Waals surface area contributed by atoms with Gasteiger partial charge in [0.2, 0.25) is 0 Å². The van der Waals surface area contributed by atoms with Gasteiger partial charge in [0.05, 0.1) is 52.9 Å². The van der Waals surface area contributed by atoms with E-state index >= 15 is 0 Å². The van der Waals surface area contributed by atoms with Crippen molar-refractivity contribution >= 4 is 5.97 Å². The second kappa shape index (κ2) is 20.8. The molecule has 172 valence electrons. The number of carbonyl (C=O) groups is 1. The molecule has 1 aromatic carbocycles. The van der Waals surface area contributed by atoms with Crippen molar-refractivity contribution in [3.05, 3.63) is 35.9 Å². The van der Waals surface area contributed by atoms with Crippen molar-refractivity contribution in [2.24, 2.45) is 0 Å². The van der Waals surface area contributed by atoms with Gasteiger partial charge in [-0.25, -0.2) is 0 Å². The molecule has 0 spiro atoms. The second-order valence-corrected chi connectivity index (χ2v) is 7.11. The SMILES string of the molecule is CCCCCCCCC(=O)OCCOCCOCCOCCOCc1ccccc1. The van der Waals surface area contributed by atoms with Crippen LogP contribution in [0.3, 0.4) is 0 Å². The predicted molar refractivity (Wildman–Crippen MR) is 118 cm³/mol. The van der Waals surface area contributed by atoms with E-state index in [-0.39, 0.29) is 5.97 Å². The Labute approximate surface area is 182 Å². The van der Waals surface area contributed by atoms with Gasteiger partial charge in [0.25, 0.3) is 0 Å². The van der Waals surface area contributed by atoms with Gasteiger partial charge in [-0.2, -0.15) is 0 Å². The molecule has 0 bridgehead atoms. The first-order valence-electron chi connectivity index (χ1n) is 11.3. The van der Waals surface area contributed by atoms with E-state index in [1.807, 2.05) is 30.3 Å². The van der Waals surface area contributed by atoms with Gasteiger partial charge in [-0.1, -0.05) is 69.4 Å². The summed E-state index contributed by atoms with van der Waals surface area (Å²) >= 11 is 0. The van der Waals surface area contributed by atoms with Crippen LogP contribution in [0.4, 0.5) is 0 Å². The number of unbranched alkanes of at least 4 members (excludes halogenated alkanes) is 5. The number of hydrogen-bond acceptors (Lipinski definition) is 6. The zero-order valence-electron chi connectivity index (χ0n) is 18.6. The van der Waals surface area contributed by atoms with Crippen molar-refractivity contribution in [2.45, 2.75) is 58.5 Å². The molecule has 6 nitrogen and oxygen atoms in total. The highest BCUT2D eigenvalue weighted by molar-refractivity contribution is 5.69. The van der Waals surface area contributed by atoms with Gasteiger partial charge in [-0.15, -0.1) is 0 Å². The van der Waals surface area contributed by atoms with Gasteiger partial charge >= 0.3 is 5.97 Å². The van der Waals surface area contributed by atoms with Crippen LogP contribution in [0.2, 0.25) is 0 Å². The topological polar surface area (TPSA) is 63.2 Å². The van der Waals surface area contributed by atoms with Crippen LogP contribution in [0.15, 0.2) is 30.3 Å². The zero-order valence-corrected chi connectivity index (χ0v) is 18.6. The van der Waals surface area contributed by atoms with E-state index in [0.29, 0.717) is 65.9 Å². The van der Waals surface area contributed by atoms with Gasteiger partial charge in [-0.05, 0) is 12.0 Å². The fourth-order valence-corrected chi connectivity index (χ4v) is 2.76. The number of ether oxygens (including phenoxy) is 5. The molecule has 0 aliphatic heterocycles. The number of hydrogen-bond donors (Lipinski definition) is 0. The van der Waals surface area contributed by atoms with Crippen LogP contribution in [0.25, 0.3) is 0 Å². The van der Waals surface area contributed by atoms with Crippen molar-refractivity contribution in [3.63, 3.8) is 0 Å². The monoisotopic (exact) mass is 424 g/mol. The Morgan fingerprint density at radius 1 is 0.667 bits per heavy atom. The van der Waals surface area contributed by atoms with Crippen molar-refractivity contribution in [1.82, 2.24) is 0 Å². The summed E-state index contributed by atoms with van der Waals surface area (Å²) in [6.07, 6.45) is 7.51. The summed E-state index contributed by atoms with van der Waals surface area (Å²) in [5.41, 5.74) is 1.16. The highest BCUT2D eigenvalue weighted by Gasteiger charge is 2.02. The summed E-state index contributed by atoms with van der Waals surface area (Å²) in [6.45, 7) is 6.67. The lowest BCUT2D eigenvalue weighted by Crippen LogP contribution is -2.14. The molecule has 0 aliphatic carbocycles. The molecule has 0 N–H and O–H groups in total. The first-order valence-corrected chi connectivity index (χ1v) is 11.3. The fraction of sp³-hybridized carbons (Fsp3) is 0.708. The molecule has 30 heavy (non-hydrogen) atoms. The minimum absolute atomic E-state index is 0.129. The Bertz CT molecular complexity index is 494. The fourth-order valence-electron chi connectivity index (χ4n) is 2.76. The second-order valence-electron chi connectivity index (χ2n) is 7.11. The molecule has 1 rings (SSSR count). The lowest BCUT2D eigenvalue weighted by atomic mass is 10.1. The average Bonchev–Trinajstić information content (AvgIpc) is 2.77. The highest BCUT2D eigenvalue weighted by atomic mass is 16.6. The minimum atomic E-state index is -0.129. The molecule has 0 heterocycles. The van der Waals surface area contributed by atoms with Crippen molar-refractivity contribution in [3.8, 4) is 0 Å². The smallest absolute Gasteiger partial charge is 0.305 e. The summed E-state index contributed by atoms with van der Waals surface area (Å²) in [6, 6.07) is 10.1. The molecular formula is C24H40O6.